The second-order valence-corrected chi connectivity index (χ2v) is 6.36. The fourth-order valence-corrected chi connectivity index (χ4v) is 2.62. The number of ether oxygens (including phenoxy) is 1. The highest BCUT2D eigenvalue weighted by atomic mass is 35.5. The Morgan fingerprint density at radius 3 is 2.63 bits per heavy atom. The van der Waals surface area contributed by atoms with Gasteiger partial charge in [-0.15, -0.1) is 0 Å². The molecule has 0 bridgehead atoms. The van der Waals surface area contributed by atoms with E-state index in [1.165, 1.54) is 0 Å². The number of rotatable bonds is 2. The maximum Gasteiger partial charge on any atom is 0.340 e. The molecular formula is C15H20ClNO2. The number of esters is 1. The molecule has 104 valence electrons. The van der Waals surface area contributed by atoms with Gasteiger partial charge in [0, 0.05) is 0 Å². The third kappa shape index (κ3) is 3.41. The average molecular weight is 282 g/mol. The highest BCUT2D eigenvalue weighted by Gasteiger charge is 2.29. The summed E-state index contributed by atoms with van der Waals surface area (Å²) in [7, 11) is 0. The lowest BCUT2D eigenvalue weighted by Gasteiger charge is -2.33. The van der Waals surface area contributed by atoms with Crippen molar-refractivity contribution in [2.45, 2.75) is 45.6 Å². The van der Waals surface area contributed by atoms with Crippen molar-refractivity contribution in [2.24, 2.45) is 5.41 Å². The molecule has 19 heavy (non-hydrogen) atoms. The van der Waals surface area contributed by atoms with E-state index in [1.807, 2.05) is 0 Å². The van der Waals surface area contributed by atoms with Gasteiger partial charge in [-0.25, -0.2) is 4.79 Å². The summed E-state index contributed by atoms with van der Waals surface area (Å²) in [6.45, 7) is 4.50. The van der Waals surface area contributed by atoms with Crippen molar-refractivity contribution >= 4 is 23.3 Å². The molecule has 1 aromatic carbocycles. The Morgan fingerprint density at radius 2 is 2.00 bits per heavy atom. The molecule has 4 heteroatoms. The molecule has 1 saturated carbocycles. The van der Waals surface area contributed by atoms with Crippen LogP contribution in [-0.2, 0) is 4.74 Å². The second-order valence-electron chi connectivity index (χ2n) is 5.98. The van der Waals surface area contributed by atoms with Crippen LogP contribution in [0, 0.1) is 5.41 Å². The molecule has 0 atom stereocenters. The molecule has 1 fully saturated rings. The first kappa shape index (κ1) is 14.2. The topological polar surface area (TPSA) is 52.3 Å². The molecule has 0 aromatic heterocycles. The Labute approximate surface area is 119 Å². The largest absolute Gasteiger partial charge is 0.459 e. The predicted molar refractivity (Wildman–Crippen MR) is 77.3 cm³/mol. The van der Waals surface area contributed by atoms with Crippen LogP contribution in [0.2, 0.25) is 5.02 Å². The lowest BCUT2D eigenvalue weighted by atomic mass is 9.76. The van der Waals surface area contributed by atoms with Crippen molar-refractivity contribution in [1.29, 1.82) is 0 Å². The minimum atomic E-state index is -0.373. The fraction of sp³-hybridized carbons (Fsp3) is 0.533. The van der Waals surface area contributed by atoms with Crippen molar-refractivity contribution in [2.75, 3.05) is 5.73 Å². The van der Waals surface area contributed by atoms with Crippen LogP contribution in [0.5, 0.6) is 0 Å². The van der Waals surface area contributed by atoms with Gasteiger partial charge in [0.25, 0.3) is 0 Å². The van der Waals surface area contributed by atoms with Crippen LogP contribution in [0.25, 0.3) is 0 Å². The van der Waals surface area contributed by atoms with Crippen LogP contribution in [0.1, 0.15) is 49.9 Å². The van der Waals surface area contributed by atoms with Gasteiger partial charge >= 0.3 is 5.97 Å². The van der Waals surface area contributed by atoms with Crippen LogP contribution < -0.4 is 5.73 Å². The number of nitrogen functional groups attached to an aromatic ring is 1. The van der Waals surface area contributed by atoms with Gasteiger partial charge in [0.2, 0.25) is 0 Å². The van der Waals surface area contributed by atoms with Crippen molar-refractivity contribution < 1.29 is 9.53 Å². The van der Waals surface area contributed by atoms with E-state index in [-0.39, 0.29) is 17.1 Å². The van der Waals surface area contributed by atoms with Crippen molar-refractivity contribution in [3.05, 3.63) is 28.8 Å². The molecule has 0 heterocycles. The van der Waals surface area contributed by atoms with Gasteiger partial charge in [-0.2, -0.15) is 0 Å². The minimum absolute atomic E-state index is 0.00183. The molecule has 1 aliphatic carbocycles. The van der Waals surface area contributed by atoms with E-state index in [4.69, 9.17) is 22.1 Å². The van der Waals surface area contributed by atoms with Crippen molar-refractivity contribution in [3.63, 3.8) is 0 Å². The van der Waals surface area contributed by atoms with Gasteiger partial charge in [0.1, 0.15) is 6.10 Å². The minimum Gasteiger partial charge on any atom is -0.459 e. The molecule has 1 aromatic rings. The summed E-state index contributed by atoms with van der Waals surface area (Å²) in [6.07, 6.45) is 3.99. The lowest BCUT2D eigenvalue weighted by Crippen LogP contribution is -2.28. The van der Waals surface area contributed by atoms with Gasteiger partial charge in [0.05, 0.1) is 16.3 Å². The maximum absolute atomic E-state index is 12.1. The zero-order chi connectivity index (χ0) is 14.0. The Bertz CT molecular complexity index is 475. The third-order valence-electron chi connectivity index (χ3n) is 3.81. The average Bonchev–Trinajstić information content (AvgIpc) is 2.35. The highest BCUT2D eigenvalue weighted by molar-refractivity contribution is 6.36. The summed E-state index contributed by atoms with van der Waals surface area (Å²) >= 11 is 6.03. The molecule has 3 nitrogen and oxygen atoms in total. The first-order chi connectivity index (χ1) is 8.89. The van der Waals surface area contributed by atoms with E-state index in [0.29, 0.717) is 16.7 Å². The molecule has 2 N–H and O–H groups in total. The fourth-order valence-electron chi connectivity index (χ4n) is 2.41. The molecule has 0 radical (unpaired) electrons. The normalized spacial score (nSPS) is 19.1. The summed E-state index contributed by atoms with van der Waals surface area (Å²) in [5.41, 5.74) is 6.80. The van der Waals surface area contributed by atoms with Gasteiger partial charge in [-0.3, -0.25) is 0 Å². The zero-order valence-corrected chi connectivity index (χ0v) is 12.2. The second kappa shape index (κ2) is 5.41. The van der Waals surface area contributed by atoms with E-state index >= 15 is 0 Å². The number of hydrogen-bond acceptors (Lipinski definition) is 3. The van der Waals surface area contributed by atoms with Gasteiger partial charge in [-0.05, 0) is 43.2 Å². The number of carbonyl (C=O) groups excluding carboxylic acids is 1. The zero-order valence-electron chi connectivity index (χ0n) is 11.4. The van der Waals surface area contributed by atoms with E-state index < -0.39 is 0 Å². The summed E-state index contributed by atoms with van der Waals surface area (Å²) in [5.74, 6) is -0.373. The number of halogens is 1. The Kier molecular flexibility index (Phi) is 4.04. The Balaban J connectivity index is 2.00. The SMILES string of the molecule is CC1(C)CCC(OC(=O)c2cccc(N)c2Cl)CC1. The quantitative estimate of drug-likeness (QED) is 0.657. The smallest absolute Gasteiger partial charge is 0.340 e. The molecule has 2 rings (SSSR count). The maximum atomic E-state index is 12.1. The molecule has 0 spiro atoms. The van der Waals surface area contributed by atoms with Gasteiger partial charge in [0.15, 0.2) is 0 Å². The molecule has 0 unspecified atom stereocenters. The van der Waals surface area contributed by atoms with Crippen molar-refractivity contribution in [3.8, 4) is 0 Å². The van der Waals surface area contributed by atoms with Gasteiger partial charge in [-0.1, -0.05) is 31.5 Å². The summed E-state index contributed by atoms with van der Waals surface area (Å²) < 4.78 is 5.53. The standard InChI is InChI=1S/C15H20ClNO2/c1-15(2)8-6-10(7-9-15)19-14(18)11-4-3-5-12(17)13(11)16/h3-5,10H,6-9,17H2,1-2H3. The first-order valence-corrected chi connectivity index (χ1v) is 7.02. The van der Waals surface area contributed by atoms with Crippen LogP contribution >= 0.6 is 11.6 Å². The number of benzene rings is 1. The number of anilines is 1. The van der Waals surface area contributed by atoms with Crippen LogP contribution in [0.15, 0.2) is 18.2 Å². The number of nitrogens with two attached hydrogens (primary N) is 1. The molecule has 0 saturated heterocycles. The Morgan fingerprint density at radius 1 is 1.37 bits per heavy atom. The molecule has 1 aliphatic rings. The van der Waals surface area contributed by atoms with Crippen LogP contribution in [0.4, 0.5) is 5.69 Å². The van der Waals surface area contributed by atoms with E-state index in [2.05, 4.69) is 13.8 Å². The summed E-state index contributed by atoms with van der Waals surface area (Å²) in [4.78, 5) is 12.1. The predicted octanol–water partition coefficient (Wildman–Crippen LogP) is 4.05. The van der Waals surface area contributed by atoms with Crippen LogP contribution in [0.3, 0.4) is 0 Å². The summed E-state index contributed by atoms with van der Waals surface area (Å²) in [5, 5.41) is 0.281. The Hall–Kier alpha value is -1.22. The molecular weight excluding hydrogens is 262 g/mol. The third-order valence-corrected chi connectivity index (χ3v) is 4.23. The van der Waals surface area contributed by atoms with Crippen molar-refractivity contribution in [1.82, 2.24) is 0 Å². The monoisotopic (exact) mass is 281 g/mol. The first-order valence-electron chi connectivity index (χ1n) is 6.64. The summed E-state index contributed by atoms with van der Waals surface area (Å²) in [6, 6.07) is 5.03. The highest BCUT2D eigenvalue weighted by Crippen LogP contribution is 2.36. The van der Waals surface area contributed by atoms with E-state index in [9.17, 15) is 4.79 Å². The van der Waals surface area contributed by atoms with Gasteiger partial charge < -0.3 is 10.5 Å². The van der Waals surface area contributed by atoms with Crippen LogP contribution in [-0.4, -0.2) is 12.1 Å². The molecule has 0 amide bonds. The molecule has 0 aliphatic heterocycles. The van der Waals surface area contributed by atoms with E-state index in [0.717, 1.165) is 25.7 Å². The number of hydrogen-bond donors (Lipinski definition) is 1. The van der Waals surface area contributed by atoms with E-state index in [1.54, 1.807) is 18.2 Å². The number of carbonyl (C=O) groups is 1. The lowest BCUT2D eigenvalue weighted by molar-refractivity contribution is 0.00954.